The molecule has 0 fully saturated rings. The molecule has 0 saturated heterocycles. The fraction of sp³-hybridized carbons (Fsp3) is 0.529. The summed E-state index contributed by atoms with van der Waals surface area (Å²) in [5.74, 6) is 1.15. The van der Waals surface area contributed by atoms with Crippen LogP contribution in [0.5, 0.6) is 0 Å². The number of carbonyl (C=O) groups is 1. The van der Waals surface area contributed by atoms with E-state index in [2.05, 4.69) is 48.5 Å². The second-order valence-electron chi connectivity index (χ2n) is 6.00. The Kier molecular flexibility index (Phi) is 7.43. The van der Waals surface area contributed by atoms with Gasteiger partial charge in [-0.15, -0.1) is 0 Å². The van der Waals surface area contributed by atoms with Gasteiger partial charge in [0, 0.05) is 20.6 Å². The SMILES string of the molecule is CC(C)CNC(=NCC(=O)N(C)C)NC(C)c1ccccc1. The molecule has 0 heterocycles. The second-order valence-corrected chi connectivity index (χ2v) is 6.00. The molecule has 0 saturated carbocycles. The molecule has 5 heteroatoms. The van der Waals surface area contributed by atoms with Gasteiger partial charge in [-0.3, -0.25) is 4.79 Å². The van der Waals surface area contributed by atoms with Gasteiger partial charge < -0.3 is 15.5 Å². The third-order valence-electron chi connectivity index (χ3n) is 3.20. The molecule has 0 aliphatic heterocycles. The largest absolute Gasteiger partial charge is 0.356 e. The first-order valence-electron chi connectivity index (χ1n) is 7.70. The van der Waals surface area contributed by atoms with E-state index in [1.807, 2.05) is 18.2 Å². The Balaban J connectivity index is 2.72. The van der Waals surface area contributed by atoms with Crippen molar-refractivity contribution in [2.24, 2.45) is 10.9 Å². The highest BCUT2D eigenvalue weighted by atomic mass is 16.2. The standard InChI is InChI=1S/C17H28N4O/c1-13(2)11-18-17(19-12-16(22)21(4)5)20-14(3)15-9-7-6-8-10-15/h6-10,13-14H,11-12H2,1-5H3,(H2,18,19,20). The number of rotatable bonds is 6. The van der Waals surface area contributed by atoms with Crippen molar-refractivity contribution in [2.75, 3.05) is 27.2 Å². The molecule has 1 rings (SSSR count). The summed E-state index contributed by atoms with van der Waals surface area (Å²) in [6, 6.07) is 10.3. The van der Waals surface area contributed by atoms with E-state index >= 15 is 0 Å². The summed E-state index contributed by atoms with van der Waals surface area (Å²) in [5, 5.41) is 6.63. The molecule has 1 aromatic carbocycles. The third kappa shape index (κ3) is 6.61. The van der Waals surface area contributed by atoms with E-state index in [9.17, 15) is 4.79 Å². The summed E-state index contributed by atoms with van der Waals surface area (Å²) in [5.41, 5.74) is 1.18. The molecule has 0 spiro atoms. The molecule has 122 valence electrons. The lowest BCUT2D eigenvalue weighted by molar-refractivity contribution is -0.127. The van der Waals surface area contributed by atoms with Gasteiger partial charge in [0.25, 0.3) is 0 Å². The van der Waals surface area contributed by atoms with Crippen LogP contribution in [0.25, 0.3) is 0 Å². The van der Waals surface area contributed by atoms with Crippen LogP contribution in [0.2, 0.25) is 0 Å². The number of guanidine groups is 1. The van der Waals surface area contributed by atoms with Gasteiger partial charge in [0.2, 0.25) is 5.91 Å². The maximum Gasteiger partial charge on any atom is 0.243 e. The van der Waals surface area contributed by atoms with Gasteiger partial charge in [0.05, 0.1) is 6.04 Å². The Labute approximate surface area is 133 Å². The number of aliphatic imine (C=N–C) groups is 1. The monoisotopic (exact) mass is 304 g/mol. The lowest BCUT2D eigenvalue weighted by Gasteiger charge is -2.20. The minimum absolute atomic E-state index is 0.0157. The molecule has 0 radical (unpaired) electrons. The van der Waals surface area contributed by atoms with E-state index in [4.69, 9.17) is 0 Å². The van der Waals surface area contributed by atoms with E-state index in [0.29, 0.717) is 11.9 Å². The molecule has 1 atom stereocenters. The molecule has 5 nitrogen and oxygen atoms in total. The van der Waals surface area contributed by atoms with E-state index in [0.717, 1.165) is 6.54 Å². The first kappa shape index (κ1) is 18.0. The van der Waals surface area contributed by atoms with Crippen LogP contribution >= 0.6 is 0 Å². The minimum atomic E-state index is -0.0157. The van der Waals surface area contributed by atoms with Gasteiger partial charge in [-0.05, 0) is 18.4 Å². The highest BCUT2D eigenvalue weighted by Crippen LogP contribution is 2.10. The molecular weight excluding hydrogens is 276 g/mol. The quantitative estimate of drug-likeness (QED) is 0.624. The number of hydrogen-bond acceptors (Lipinski definition) is 2. The van der Waals surface area contributed by atoms with Crippen molar-refractivity contribution in [3.05, 3.63) is 35.9 Å². The summed E-state index contributed by atoms with van der Waals surface area (Å²) < 4.78 is 0. The van der Waals surface area contributed by atoms with Crippen molar-refractivity contribution < 1.29 is 4.79 Å². The summed E-state index contributed by atoms with van der Waals surface area (Å²) >= 11 is 0. The molecule has 0 aliphatic rings. The summed E-state index contributed by atoms with van der Waals surface area (Å²) in [6.07, 6.45) is 0. The summed E-state index contributed by atoms with van der Waals surface area (Å²) in [7, 11) is 3.47. The predicted molar refractivity (Wildman–Crippen MR) is 91.8 cm³/mol. The third-order valence-corrected chi connectivity index (χ3v) is 3.20. The van der Waals surface area contributed by atoms with Gasteiger partial charge >= 0.3 is 0 Å². The molecular formula is C17H28N4O. The van der Waals surface area contributed by atoms with Crippen molar-refractivity contribution in [1.29, 1.82) is 0 Å². The Morgan fingerprint density at radius 1 is 1.18 bits per heavy atom. The van der Waals surface area contributed by atoms with E-state index in [1.54, 1.807) is 19.0 Å². The zero-order valence-corrected chi connectivity index (χ0v) is 14.3. The van der Waals surface area contributed by atoms with E-state index in [1.165, 1.54) is 5.56 Å². The molecule has 1 amide bonds. The van der Waals surface area contributed by atoms with Crippen LogP contribution in [-0.4, -0.2) is 44.0 Å². The zero-order valence-electron chi connectivity index (χ0n) is 14.3. The van der Waals surface area contributed by atoms with Crippen molar-refractivity contribution in [3.63, 3.8) is 0 Å². The number of likely N-dealkylation sites (N-methyl/N-ethyl adjacent to an activating group) is 1. The summed E-state index contributed by atoms with van der Waals surface area (Å²) in [4.78, 5) is 17.6. The lowest BCUT2D eigenvalue weighted by Crippen LogP contribution is -2.41. The number of nitrogens with one attached hydrogen (secondary N) is 2. The van der Waals surface area contributed by atoms with Crippen molar-refractivity contribution in [2.45, 2.75) is 26.8 Å². The van der Waals surface area contributed by atoms with Gasteiger partial charge in [-0.2, -0.15) is 0 Å². The average molecular weight is 304 g/mol. The van der Waals surface area contributed by atoms with Crippen LogP contribution in [-0.2, 0) is 4.79 Å². The fourth-order valence-electron chi connectivity index (χ4n) is 1.77. The molecule has 2 N–H and O–H groups in total. The minimum Gasteiger partial charge on any atom is -0.356 e. The number of hydrogen-bond donors (Lipinski definition) is 2. The molecule has 22 heavy (non-hydrogen) atoms. The number of benzene rings is 1. The van der Waals surface area contributed by atoms with Gasteiger partial charge in [-0.25, -0.2) is 4.99 Å². The van der Waals surface area contributed by atoms with Crippen molar-refractivity contribution in [1.82, 2.24) is 15.5 Å². The maximum absolute atomic E-state index is 11.7. The van der Waals surface area contributed by atoms with E-state index in [-0.39, 0.29) is 18.5 Å². The van der Waals surface area contributed by atoms with Crippen LogP contribution in [0.4, 0.5) is 0 Å². The number of carbonyl (C=O) groups excluding carboxylic acids is 1. The molecule has 1 aromatic rings. The molecule has 0 aromatic heterocycles. The maximum atomic E-state index is 11.7. The topological polar surface area (TPSA) is 56.7 Å². The summed E-state index contributed by atoms with van der Waals surface area (Å²) in [6.45, 7) is 7.30. The smallest absolute Gasteiger partial charge is 0.243 e. The van der Waals surface area contributed by atoms with Crippen LogP contribution in [0.3, 0.4) is 0 Å². The van der Waals surface area contributed by atoms with Gasteiger partial charge in [-0.1, -0.05) is 44.2 Å². The van der Waals surface area contributed by atoms with Gasteiger partial charge in [0.1, 0.15) is 6.54 Å². The first-order chi connectivity index (χ1) is 10.4. The molecule has 1 unspecified atom stereocenters. The number of amides is 1. The number of nitrogens with zero attached hydrogens (tertiary/aromatic N) is 2. The highest BCUT2D eigenvalue weighted by molar-refractivity contribution is 5.85. The van der Waals surface area contributed by atoms with Gasteiger partial charge in [0.15, 0.2) is 5.96 Å². The van der Waals surface area contributed by atoms with E-state index < -0.39 is 0 Å². The van der Waals surface area contributed by atoms with Crippen LogP contribution < -0.4 is 10.6 Å². The van der Waals surface area contributed by atoms with Crippen LogP contribution in [0.15, 0.2) is 35.3 Å². The molecule has 0 aliphatic carbocycles. The fourth-order valence-corrected chi connectivity index (χ4v) is 1.77. The average Bonchev–Trinajstić information content (AvgIpc) is 2.50. The normalized spacial score (nSPS) is 12.9. The lowest BCUT2D eigenvalue weighted by atomic mass is 10.1. The molecule has 0 bridgehead atoms. The predicted octanol–water partition coefficient (Wildman–Crippen LogP) is 2.03. The Hall–Kier alpha value is -2.04. The highest BCUT2D eigenvalue weighted by Gasteiger charge is 2.09. The zero-order chi connectivity index (χ0) is 16.5. The van der Waals surface area contributed by atoms with Crippen molar-refractivity contribution in [3.8, 4) is 0 Å². The Morgan fingerprint density at radius 2 is 1.82 bits per heavy atom. The van der Waals surface area contributed by atoms with Crippen LogP contribution in [0.1, 0.15) is 32.4 Å². The Morgan fingerprint density at radius 3 is 2.36 bits per heavy atom. The Bertz CT molecular complexity index is 483. The van der Waals surface area contributed by atoms with Crippen LogP contribution in [0, 0.1) is 5.92 Å². The first-order valence-corrected chi connectivity index (χ1v) is 7.70. The second kappa shape index (κ2) is 9.07. The van der Waals surface area contributed by atoms with Crippen molar-refractivity contribution >= 4 is 11.9 Å².